The number of nitrogens with zero attached hydrogens (tertiary/aromatic N) is 1. The number of nitrogens with one attached hydrogen (secondary N) is 2. The zero-order valence-electron chi connectivity index (χ0n) is 16.0. The average molecular weight is 421 g/mol. The van der Waals surface area contributed by atoms with Crippen LogP contribution in [0.15, 0.2) is 29.2 Å². The van der Waals surface area contributed by atoms with Crippen molar-refractivity contribution in [2.75, 3.05) is 19.8 Å². The third kappa shape index (κ3) is 8.83. The molecule has 158 valence electrons. The van der Waals surface area contributed by atoms with Crippen LogP contribution in [0.2, 0.25) is 0 Å². The average Bonchev–Trinajstić information content (AvgIpc) is 2.64. The molecule has 28 heavy (non-hydrogen) atoms. The van der Waals surface area contributed by atoms with Gasteiger partial charge < -0.3 is 20.6 Å². The third-order valence-electron chi connectivity index (χ3n) is 4.16. The zero-order valence-corrected chi connectivity index (χ0v) is 16.9. The number of carbonyl (C=O) groups is 2. The molecule has 2 unspecified atom stereocenters. The van der Waals surface area contributed by atoms with Crippen LogP contribution in [0.25, 0.3) is 0 Å². The number of carbonyl (C=O) groups excluding carboxylic acids is 1. The van der Waals surface area contributed by atoms with Gasteiger partial charge in [0.2, 0.25) is 0 Å². The molecule has 0 spiro atoms. The maximum absolute atomic E-state index is 12.2. The monoisotopic (exact) mass is 421 g/mol. The van der Waals surface area contributed by atoms with E-state index >= 15 is 0 Å². The molecule has 1 aliphatic rings. The number of hydrogen-bond acceptors (Lipinski definition) is 4. The number of hydrogen-bond donors (Lipinski definition) is 3. The van der Waals surface area contributed by atoms with Gasteiger partial charge in [-0.3, -0.25) is 0 Å². The van der Waals surface area contributed by atoms with Crippen LogP contribution < -0.4 is 10.6 Å². The predicted molar refractivity (Wildman–Crippen MR) is 102 cm³/mol. The number of benzene rings is 1. The molecule has 0 bridgehead atoms. The molecular weight excluding hydrogens is 395 g/mol. The van der Waals surface area contributed by atoms with Gasteiger partial charge in [0.05, 0.1) is 0 Å². The summed E-state index contributed by atoms with van der Waals surface area (Å²) in [5.74, 6) is -2.76. The Morgan fingerprint density at radius 2 is 1.86 bits per heavy atom. The number of aliphatic carboxylic acids is 1. The second kappa shape index (κ2) is 11.2. The fraction of sp³-hybridized carbons (Fsp3) is 0.556. The van der Waals surface area contributed by atoms with Gasteiger partial charge in [-0.25, -0.2) is 9.59 Å². The Labute approximate surface area is 166 Å². The molecule has 2 atom stereocenters. The second-order valence-corrected chi connectivity index (χ2v) is 7.42. The summed E-state index contributed by atoms with van der Waals surface area (Å²) in [6.07, 6.45) is -0.853. The lowest BCUT2D eigenvalue weighted by atomic mass is 10.0. The van der Waals surface area contributed by atoms with Crippen molar-refractivity contribution in [2.24, 2.45) is 0 Å². The molecule has 1 aromatic carbocycles. The van der Waals surface area contributed by atoms with Gasteiger partial charge in [-0.05, 0) is 43.7 Å². The molecule has 0 radical (unpaired) electrons. The van der Waals surface area contributed by atoms with Crippen molar-refractivity contribution in [3.8, 4) is 0 Å². The van der Waals surface area contributed by atoms with E-state index < -0.39 is 12.1 Å². The predicted octanol–water partition coefficient (Wildman–Crippen LogP) is 3.32. The first-order chi connectivity index (χ1) is 13.0. The maximum atomic E-state index is 12.2. The minimum Gasteiger partial charge on any atom is -0.475 e. The number of halogens is 3. The van der Waals surface area contributed by atoms with Crippen molar-refractivity contribution in [1.29, 1.82) is 0 Å². The van der Waals surface area contributed by atoms with Gasteiger partial charge in [0.25, 0.3) is 0 Å². The fourth-order valence-corrected chi connectivity index (χ4v) is 2.89. The van der Waals surface area contributed by atoms with Crippen molar-refractivity contribution < 1.29 is 27.9 Å². The van der Waals surface area contributed by atoms with Gasteiger partial charge >= 0.3 is 18.2 Å². The summed E-state index contributed by atoms with van der Waals surface area (Å²) in [7, 11) is 1.84. The molecule has 3 N–H and O–H groups in total. The van der Waals surface area contributed by atoms with Crippen LogP contribution in [0, 0.1) is 0 Å². The summed E-state index contributed by atoms with van der Waals surface area (Å²) in [4.78, 5) is 24.1. The molecule has 10 heteroatoms. The summed E-state index contributed by atoms with van der Waals surface area (Å²) in [5, 5.41) is 13.6. The van der Waals surface area contributed by atoms with E-state index in [2.05, 4.69) is 48.1 Å². The van der Waals surface area contributed by atoms with E-state index in [9.17, 15) is 18.0 Å². The quantitative estimate of drug-likeness (QED) is 0.650. The molecule has 0 saturated carbocycles. The van der Waals surface area contributed by atoms with Gasteiger partial charge in [0.1, 0.15) is 0 Å². The second-order valence-electron chi connectivity index (χ2n) is 6.54. The van der Waals surface area contributed by atoms with E-state index in [1.807, 2.05) is 7.05 Å². The summed E-state index contributed by atoms with van der Waals surface area (Å²) in [6, 6.07) is 9.17. The van der Waals surface area contributed by atoms with Gasteiger partial charge in [-0.15, -0.1) is 11.8 Å². The molecule has 2 rings (SSSR count). The van der Waals surface area contributed by atoms with Crippen LogP contribution in [0.5, 0.6) is 0 Å². The highest BCUT2D eigenvalue weighted by molar-refractivity contribution is 7.98. The van der Waals surface area contributed by atoms with Crippen LogP contribution in [0.1, 0.15) is 25.3 Å². The maximum Gasteiger partial charge on any atom is 0.490 e. The van der Waals surface area contributed by atoms with E-state index in [4.69, 9.17) is 9.90 Å². The number of thioether (sulfide) groups is 1. The molecule has 1 heterocycles. The van der Waals surface area contributed by atoms with Crippen molar-refractivity contribution in [3.05, 3.63) is 29.8 Å². The Bertz CT molecular complexity index is 633. The minimum atomic E-state index is -5.08. The zero-order chi connectivity index (χ0) is 21.3. The summed E-state index contributed by atoms with van der Waals surface area (Å²) < 4.78 is 31.7. The van der Waals surface area contributed by atoms with Gasteiger partial charge in [0.15, 0.2) is 0 Å². The van der Waals surface area contributed by atoms with Crippen LogP contribution in [-0.4, -0.2) is 60.1 Å². The van der Waals surface area contributed by atoms with Crippen molar-refractivity contribution in [1.82, 2.24) is 15.5 Å². The van der Waals surface area contributed by atoms with Crippen LogP contribution in [0.3, 0.4) is 0 Å². The number of carboxylic acids is 1. The van der Waals surface area contributed by atoms with Crippen LogP contribution >= 0.6 is 11.8 Å². The first-order valence-electron chi connectivity index (χ1n) is 8.71. The van der Waals surface area contributed by atoms with Gasteiger partial charge in [0, 0.05) is 37.1 Å². The Hall–Kier alpha value is -1.94. The number of rotatable bonds is 4. The lowest BCUT2D eigenvalue weighted by Gasteiger charge is -2.30. The van der Waals surface area contributed by atoms with E-state index in [-0.39, 0.29) is 12.1 Å². The van der Waals surface area contributed by atoms with Gasteiger partial charge in [-0.2, -0.15) is 13.2 Å². The third-order valence-corrected chi connectivity index (χ3v) is 4.90. The smallest absolute Gasteiger partial charge is 0.475 e. The van der Waals surface area contributed by atoms with Crippen molar-refractivity contribution in [2.45, 2.75) is 49.5 Å². The molecule has 2 amide bonds. The summed E-state index contributed by atoms with van der Waals surface area (Å²) in [5.41, 5.74) is 1.15. The van der Waals surface area contributed by atoms with Crippen LogP contribution in [0.4, 0.5) is 18.0 Å². The van der Waals surface area contributed by atoms with Crippen LogP contribution in [-0.2, 0) is 11.3 Å². The Balaban J connectivity index is 0.000000480. The SMILES string of the molecule is CSc1ccc(CN(C)C(=O)NC2CCC(C)NC2)cc1.O=C(O)C(F)(F)F. The van der Waals surface area contributed by atoms with Crippen molar-refractivity contribution in [3.63, 3.8) is 0 Å². The molecule has 6 nitrogen and oxygen atoms in total. The number of piperidine rings is 1. The molecule has 1 aliphatic heterocycles. The standard InChI is InChI=1S/C16H25N3OS.C2HF3O2/c1-12-4-7-14(10-17-12)18-16(20)19(2)11-13-5-8-15(21-3)9-6-13;3-2(4,5)1(6)7/h5-6,8-9,12,14,17H,4,7,10-11H2,1-3H3,(H,18,20);(H,6,7). The number of amides is 2. The summed E-state index contributed by atoms with van der Waals surface area (Å²) >= 11 is 1.73. The normalized spacial score (nSPS) is 19.2. The Morgan fingerprint density at radius 3 is 2.29 bits per heavy atom. The van der Waals surface area contributed by atoms with E-state index in [1.54, 1.807) is 16.7 Å². The van der Waals surface area contributed by atoms with E-state index in [0.717, 1.165) is 24.9 Å². The van der Waals surface area contributed by atoms with E-state index in [0.29, 0.717) is 12.6 Å². The molecule has 1 aromatic rings. The number of carboxylic acid groups (broad SMARTS) is 1. The number of urea groups is 1. The summed E-state index contributed by atoms with van der Waals surface area (Å²) in [6.45, 7) is 3.68. The Kier molecular flexibility index (Phi) is 9.60. The van der Waals surface area contributed by atoms with E-state index in [1.165, 1.54) is 4.90 Å². The highest BCUT2D eigenvalue weighted by Gasteiger charge is 2.38. The molecule has 1 saturated heterocycles. The molecule has 0 aromatic heterocycles. The minimum absolute atomic E-state index is 0.00490. The van der Waals surface area contributed by atoms with Gasteiger partial charge in [-0.1, -0.05) is 12.1 Å². The largest absolute Gasteiger partial charge is 0.490 e. The molecule has 0 aliphatic carbocycles. The fourth-order valence-electron chi connectivity index (χ4n) is 2.48. The topological polar surface area (TPSA) is 81.7 Å². The Morgan fingerprint density at radius 1 is 1.29 bits per heavy atom. The lowest BCUT2D eigenvalue weighted by molar-refractivity contribution is -0.192. The number of alkyl halides is 3. The first kappa shape index (κ1) is 24.1. The first-order valence-corrected chi connectivity index (χ1v) is 9.93. The lowest BCUT2D eigenvalue weighted by Crippen LogP contribution is -2.51. The molecular formula is C18H26F3N3O3S. The molecule has 1 fully saturated rings. The van der Waals surface area contributed by atoms with Crippen molar-refractivity contribution >= 4 is 23.8 Å². The highest BCUT2D eigenvalue weighted by Crippen LogP contribution is 2.16. The highest BCUT2D eigenvalue weighted by atomic mass is 32.2.